The molecule has 4 aromatic rings. The first-order valence-electron chi connectivity index (χ1n) is 13.4. The average molecular weight is 649 g/mol. The molecule has 0 spiro atoms. The fraction of sp³-hybridized carbons (Fsp3) is 0.267. The van der Waals surface area contributed by atoms with Crippen LogP contribution in [0.4, 0.5) is 22.0 Å². The van der Waals surface area contributed by atoms with Crippen LogP contribution in [0.5, 0.6) is 0 Å². The van der Waals surface area contributed by atoms with Gasteiger partial charge in [-0.05, 0) is 54.4 Å². The molecule has 0 bridgehead atoms. The molecule has 44 heavy (non-hydrogen) atoms. The summed E-state index contributed by atoms with van der Waals surface area (Å²) in [7, 11) is -4.27. The lowest BCUT2D eigenvalue weighted by Gasteiger charge is -2.22. The second-order valence-electron chi connectivity index (χ2n) is 10.1. The molecule has 7 nitrogen and oxygen atoms in total. The van der Waals surface area contributed by atoms with Gasteiger partial charge < -0.3 is 0 Å². The highest BCUT2D eigenvalue weighted by Gasteiger charge is 2.43. The van der Waals surface area contributed by atoms with Gasteiger partial charge in [-0.3, -0.25) is 9.78 Å². The van der Waals surface area contributed by atoms with Crippen LogP contribution in [0.1, 0.15) is 29.8 Å². The summed E-state index contributed by atoms with van der Waals surface area (Å²) in [6.45, 7) is -0.505. The zero-order valence-electron chi connectivity index (χ0n) is 22.9. The Balaban J connectivity index is 1.37. The number of nitrogens with zero attached hydrogens (tertiary/aromatic N) is 4. The van der Waals surface area contributed by atoms with E-state index in [1.807, 2.05) is 30.3 Å². The molecule has 2 atom stereocenters. The Morgan fingerprint density at radius 1 is 1.00 bits per heavy atom. The van der Waals surface area contributed by atoms with Crippen LogP contribution in [-0.2, 0) is 33.2 Å². The Kier molecular flexibility index (Phi) is 9.42. The third kappa shape index (κ3) is 7.48. The van der Waals surface area contributed by atoms with Gasteiger partial charge in [0.1, 0.15) is 17.7 Å². The topological polar surface area (TPSA) is 93.1 Å². The number of aryl methyl sites for hydroxylation is 1. The molecule has 2 aromatic carbocycles. The molecule has 0 saturated carbocycles. The Bertz CT molecular complexity index is 1720. The summed E-state index contributed by atoms with van der Waals surface area (Å²) in [5.74, 6) is -0.658. The summed E-state index contributed by atoms with van der Waals surface area (Å²) in [5.41, 5.74) is 0.930. The molecule has 1 aliphatic rings. The lowest BCUT2D eigenvalue weighted by molar-refractivity contribution is -0.141. The van der Waals surface area contributed by atoms with Crippen molar-refractivity contribution in [2.45, 2.75) is 53.5 Å². The predicted molar refractivity (Wildman–Crippen MR) is 153 cm³/mol. The average Bonchev–Trinajstić information content (AvgIpc) is 3.42. The molecule has 2 aromatic heterocycles. The Morgan fingerprint density at radius 3 is 2.39 bits per heavy atom. The van der Waals surface area contributed by atoms with Crippen molar-refractivity contribution in [1.82, 2.24) is 19.3 Å². The van der Waals surface area contributed by atoms with E-state index in [0.717, 1.165) is 46.4 Å². The van der Waals surface area contributed by atoms with Crippen molar-refractivity contribution < 1.29 is 35.2 Å². The quantitative estimate of drug-likeness (QED) is 0.113. The van der Waals surface area contributed by atoms with Crippen molar-refractivity contribution in [1.29, 1.82) is 0 Å². The van der Waals surface area contributed by atoms with Crippen molar-refractivity contribution in [3.63, 3.8) is 0 Å². The smallest absolute Gasteiger partial charge is 0.298 e. The van der Waals surface area contributed by atoms with Gasteiger partial charge in [-0.2, -0.15) is 17.5 Å². The predicted octanol–water partition coefficient (Wildman–Crippen LogP) is 6.29. The van der Waals surface area contributed by atoms with Crippen LogP contribution in [0.15, 0.2) is 89.0 Å². The highest BCUT2D eigenvalue weighted by molar-refractivity contribution is 7.98. The number of halogens is 5. The maximum atomic E-state index is 14.5. The van der Waals surface area contributed by atoms with Gasteiger partial charge >= 0.3 is 6.18 Å². The maximum Gasteiger partial charge on any atom is 0.433 e. The SMILES string of the molecule is O=C(CCc1cc(-c2ccc(C(F)(F)F)nc2)nc(SCc2ccccc2)n1)[C@@H]1C[C@@H](F)CN1S(=O)(=O)c1ccc(F)cc1. The molecular weight excluding hydrogens is 623 g/mol. The minimum atomic E-state index is -4.61. The maximum absolute atomic E-state index is 14.5. The number of carbonyl (C=O) groups excluding carboxylic acids is 1. The van der Waals surface area contributed by atoms with Gasteiger partial charge in [-0.1, -0.05) is 42.1 Å². The zero-order chi connectivity index (χ0) is 31.5. The molecule has 1 saturated heterocycles. The van der Waals surface area contributed by atoms with E-state index in [1.165, 1.54) is 23.9 Å². The number of carbonyl (C=O) groups is 1. The van der Waals surface area contributed by atoms with E-state index >= 15 is 0 Å². The molecule has 14 heteroatoms. The molecule has 0 N–H and O–H groups in total. The second kappa shape index (κ2) is 13.1. The summed E-state index contributed by atoms with van der Waals surface area (Å²) >= 11 is 1.29. The lowest BCUT2D eigenvalue weighted by atomic mass is 10.0. The van der Waals surface area contributed by atoms with E-state index in [1.54, 1.807) is 0 Å². The Hall–Kier alpha value is -3.75. The van der Waals surface area contributed by atoms with Gasteiger partial charge in [0.25, 0.3) is 0 Å². The summed E-state index contributed by atoms with van der Waals surface area (Å²) in [5, 5.41) is 0.318. The van der Waals surface area contributed by atoms with Crippen LogP contribution >= 0.6 is 11.8 Å². The highest BCUT2D eigenvalue weighted by atomic mass is 32.2. The zero-order valence-corrected chi connectivity index (χ0v) is 24.5. The summed E-state index contributed by atoms with van der Waals surface area (Å²) in [6.07, 6.45) is -5.56. The summed E-state index contributed by atoms with van der Waals surface area (Å²) < 4.78 is 94.2. The summed E-state index contributed by atoms with van der Waals surface area (Å²) in [4.78, 5) is 25.6. The Labute approximate surface area is 254 Å². The number of rotatable bonds is 10. The van der Waals surface area contributed by atoms with E-state index in [0.29, 0.717) is 27.9 Å². The monoisotopic (exact) mass is 648 g/mol. The van der Waals surface area contributed by atoms with E-state index in [4.69, 9.17) is 0 Å². The van der Waals surface area contributed by atoms with Crippen molar-refractivity contribution >= 4 is 27.6 Å². The van der Waals surface area contributed by atoms with Gasteiger partial charge in [0.05, 0.1) is 16.6 Å². The van der Waals surface area contributed by atoms with Gasteiger partial charge in [-0.15, -0.1) is 0 Å². The first-order chi connectivity index (χ1) is 20.9. The third-order valence-corrected chi connectivity index (χ3v) is 9.75. The van der Waals surface area contributed by atoms with Crippen molar-refractivity contribution in [2.75, 3.05) is 6.54 Å². The first kappa shape index (κ1) is 31.7. The van der Waals surface area contributed by atoms with Crippen molar-refractivity contribution in [2.24, 2.45) is 0 Å². The number of sulfonamides is 1. The fourth-order valence-electron chi connectivity index (χ4n) is 4.72. The van der Waals surface area contributed by atoms with Crippen LogP contribution in [0.25, 0.3) is 11.3 Å². The molecule has 0 unspecified atom stereocenters. The molecule has 0 amide bonds. The van der Waals surface area contributed by atoms with E-state index < -0.39 is 52.3 Å². The van der Waals surface area contributed by atoms with E-state index in [9.17, 15) is 35.2 Å². The van der Waals surface area contributed by atoms with Gasteiger partial charge in [-0.25, -0.2) is 27.2 Å². The second-order valence-corrected chi connectivity index (χ2v) is 12.9. The largest absolute Gasteiger partial charge is 0.433 e. The molecule has 5 rings (SSSR count). The molecule has 1 fully saturated rings. The lowest BCUT2D eigenvalue weighted by Crippen LogP contribution is -2.40. The van der Waals surface area contributed by atoms with Gasteiger partial charge in [0.2, 0.25) is 10.0 Å². The van der Waals surface area contributed by atoms with Crippen LogP contribution in [0.2, 0.25) is 0 Å². The number of alkyl halides is 4. The molecular formula is C30H25F5N4O3S2. The van der Waals surface area contributed by atoms with Crippen LogP contribution < -0.4 is 0 Å². The van der Waals surface area contributed by atoms with Gasteiger partial charge in [0, 0.05) is 42.6 Å². The molecule has 3 heterocycles. The Morgan fingerprint density at radius 2 is 1.73 bits per heavy atom. The van der Waals surface area contributed by atoms with E-state index in [2.05, 4.69) is 15.0 Å². The van der Waals surface area contributed by atoms with Crippen molar-refractivity contribution in [3.05, 3.63) is 102 Å². The normalized spacial score (nSPS) is 17.6. The van der Waals surface area contributed by atoms with E-state index in [-0.39, 0.29) is 24.2 Å². The van der Waals surface area contributed by atoms with Gasteiger partial charge in [0.15, 0.2) is 10.9 Å². The molecule has 0 aliphatic carbocycles. The number of benzene rings is 2. The summed E-state index contributed by atoms with van der Waals surface area (Å²) in [6, 6.07) is 15.9. The highest BCUT2D eigenvalue weighted by Crippen LogP contribution is 2.31. The number of ketones is 1. The number of hydrogen-bond acceptors (Lipinski definition) is 7. The standard InChI is InChI=1S/C30H25F5N4O3S2/c31-21-7-10-24(11-8-21)44(41,42)39-17-22(32)14-26(39)27(40)12-9-23-15-25(20-6-13-28(36-16-20)30(33,34)35)38-29(37-23)43-18-19-4-2-1-3-5-19/h1-8,10-11,13,15-16,22,26H,9,12,14,17-18H2/t22-,26+/m1/s1. The van der Waals surface area contributed by atoms with Crippen LogP contribution in [-0.4, -0.2) is 52.2 Å². The number of Topliss-reactive ketones (excluding diaryl/α,β-unsaturated/α-hetero) is 1. The fourth-order valence-corrected chi connectivity index (χ4v) is 7.20. The van der Waals surface area contributed by atoms with Crippen LogP contribution in [0.3, 0.4) is 0 Å². The minimum Gasteiger partial charge on any atom is -0.298 e. The molecule has 0 radical (unpaired) electrons. The van der Waals surface area contributed by atoms with Crippen molar-refractivity contribution in [3.8, 4) is 11.3 Å². The third-order valence-electron chi connectivity index (χ3n) is 6.94. The first-order valence-corrected chi connectivity index (χ1v) is 15.9. The number of thioether (sulfide) groups is 1. The van der Waals surface area contributed by atoms with Crippen LogP contribution in [0, 0.1) is 5.82 Å². The molecule has 1 aliphatic heterocycles. The number of hydrogen-bond donors (Lipinski definition) is 0. The number of pyridine rings is 1. The molecule has 230 valence electrons. The minimum absolute atomic E-state index is 0.0409. The number of aromatic nitrogens is 3.